The molecule has 2 unspecified atom stereocenters. The Bertz CT molecular complexity index is 528. The number of ether oxygens (including phenoxy) is 1. The summed E-state index contributed by atoms with van der Waals surface area (Å²) in [4.78, 5) is 0. The van der Waals surface area contributed by atoms with E-state index in [1.807, 2.05) is 24.3 Å². The molecule has 0 aromatic heterocycles. The van der Waals surface area contributed by atoms with Crippen LogP contribution in [0.15, 0.2) is 73.1 Å². The van der Waals surface area contributed by atoms with Gasteiger partial charge in [-0.3, -0.25) is 0 Å². The molecule has 0 radical (unpaired) electrons. The molecule has 1 aliphatic heterocycles. The Hall–Kier alpha value is -1.07. The van der Waals surface area contributed by atoms with E-state index in [4.69, 9.17) is 4.74 Å². The number of hydrogen-bond donors (Lipinski definition) is 1. The van der Waals surface area contributed by atoms with Gasteiger partial charge in [0.25, 0.3) is 0 Å². The third kappa shape index (κ3) is 11.5. The Labute approximate surface area is 173 Å². The topological polar surface area (TPSA) is 29.5 Å². The number of alkyl halides is 1. The Morgan fingerprint density at radius 1 is 1.08 bits per heavy atom. The highest BCUT2D eigenvalue weighted by molar-refractivity contribution is 14.1. The molecule has 0 aliphatic carbocycles. The predicted octanol–water partition coefficient (Wildman–Crippen LogP) is 6.60. The van der Waals surface area contributed by atoms with Gasteiger partial charge in [-0.25, -0.2) is 0 Å². The van der Waals surface area contributed by atoms with Crippen LogP contribution >= 0.6 is 22.6 Å². The Morgan fingerprint density at radius 2 is 1.77 bits per heavy atom. The van der Waals surface area contributed by atoms with Gasteiger partial charge in [-0.1, -0.05) is 96.9 Å². The van der Waals surface area contributed by atoms with E-state index in [1.54, 1.807) is 0 Å². The van der Waals surface area contributed by atoms with E-state index in [0.29, 0.717) is 16.4 Å². The van der Waals surface area contributed by atoms with E-state index in [1.165, 1.54) is 0 Å². The fourth-order valence-corrected chi connectivity index (χ4v) is 3.34. The summed E-state index contributed by atoms with van der Waals surface area (Å²) in [6.07, 6.45) is 27.4. The SMILES string of the molecule is C=C1CCC(C(I)C/C=C\C/C=C\C/C=C\C=C\[C@@H](O)C/C=C\CC)O1. The average molecular weight is 468 g/mol. The second-order valence-electron chi connectivity index (χ2n) is 6.40. The average Bonchev–Trinajstić information content (AvgIpc) is 3.06. The number of hydrogen-bond acceptors (Lipinski definition) is 2. The monoisotopic (exact) mass is 468 g/mol. The van der Waals surface area contributed by atoms with Gasteiger partial charge in [0.2, 0.25) is 0 Å². The van der Waals surface area contributed by atoms with E-state index in [-0.39, 0.29) is 0 Å². The van der Waals surface area contributed by atoms with Gasteiger partial charge in [0.05, 0.1) is 15.8 Å². The Kier molecular flexibility index (Phi) is 13.3. The first-order chi connectivity index (χ1) is 12.6. The first-order valence-corrected chi connectivity index (χ1v) is 10.8. The standard InChI is InChI=1S/C23H33IO2/c1-3-4-12-15-21(25)16-13-10-8-6-5-7-9-11-14-17-22(24)23-19-18-20(2)26-23/h4-5,7-8,10-14,16,21-23,25H,2-3,6,9,15,17-19H2,1H3/b7-5-,10-8-,12-4-,14-11-,16-13+/t21-,22?,23?/m0/s1. The summed E-state index contributed by atoms with van der Waals surface area (Å²) in [7, 11) is 0. The van der Waals surface area contributed by atoms with E-state index < -0.39 is 6.10 Å². The summed E-state index contributed by atoms with van der Waals surface area (Å²) < 4.78 is 6.25. The fourth-order valence-electron chi connectivity index (χ4n) is 2.54. The Balaban J connectivity index is 2.07. The van der Waals surface area contributed by atoms with Crippen molar-refractivity contribution in [3.63, 3.8) is 0 Å². The van der Waals surface area contributed by atoms with Crippen molar-refractivity contribution in [2.24, 2.45) is 0 Å². The zero-order chi connectivity index (χ0) is 19.0. The molecule has 1 N–H and O–H groups in total. The molecule has 0 spiro atoms. The molecule has 144 valence electrons. The highest BCUT2D eigenvalue weighted by Gasteiger charge is 2.25. The Morgan fingerprint density at radius 3 is 2.46 bits per heavy atom. The lowest BCUT2D eigenvalue weighted by Crippen LogP contribution is -2.17. The van der Waals surface area contributed by atoms with Crippen molar-refractivity contribution in [2.75, 3.05) is 0 Å². The number of rotatable bonds is 12. The first-order valence-electron chi connectivity index (χ1n) is 9.58. The summed E-state index contributed by atoms with van der Waals surface area (Å²) in [6.45, 7) is 5.98. The quantitative estimate of drug-likeness (QED) is 0.151. The number of halogens is 1. The van der Waals surface area contributed by atoms with E-state index >= 15 is 0 Å². The van der Waals surface area contributed by atoms with Gasteiger partial charge in [0.1, 0.15) is 6.10 Å². The van der Waals surface area contributed by atoms with Crippen LogP contribution in [-0.4, -0.2) is 21.2 Å². The van der Waals surface area contributed by atoms with Crippen LogP contribution < -0.4 is 0 Å². The van der Waals surface area contributed by atoms with Crippen molar-refractivity contribution in [3.05, 3.63) is 73.1 Å². The van der Waals surface area contributed by atoms with Crippen molar-refractivity contribution < 1.29 is 9.84 Å². The van der Waals surface area contributed by atoms with Crippen molar-refractivity contribution in [3.8, 4) is 0 Å². The summed E-state index contributed by atoms with van der Waals surface area (Å²) in [5.41, 5.74) is 0. The second kappa shape index (κ2) is 15.0. The molecule has 0 bridgehead atoms. The molecule has 1 heterocycles. The minimum Gasteiger partial charge on any atom is -0.494 e. The molecule has 0 saturated carbocycles. The molecule has 26 heavy (non-hydrogen) atoms. The van der Waals surface area contributed by atoms with Crippen LogP contribution in [0, 0.1) is 0 Å². The van der Waals surface area contributed by atoms with Crippen molar-refractivity contribution in [1.29, 1.82) is 0 Å². The maximum absolute atomic E-state index is 9.71. The van der Waals surface area contributed by atoms with Gasteiger partial charge in [-0.15, -0.1) is 0 Å². The number of aliphatic hydroxyl groups is 1. The van der Waals surface area contributed by atoms with Crippen LogP contribution in [-0.2, 0) is 4.74 Å². The van der Waals surface area contributed by atoms with Gasteiger partial charge >= 0.3 is 0 Å². The molecule has 1 aliphatic rings. The first kappa shape index (κ1) is 23.0. The molecule has 3 heteroatoms. The van der Waals surface area contributed by atoms with Gasteiger partial charge in [-0.05, 0) is 38.5 Å². The third-order valence-electron chi connectivity index (χ3n) is 4.03. The summed E-state index contributed by atoms with van der Waals surface area (Å²) in [6, 6.07) is 0. The number of aliphatic hydroxyl groups excluding tert-OH is 1. The molecule has 1 saturated heterocycles. The molecule has 0 amide bonds. The smallest absolute Gasteiger partial charge is 0.111 e. The van der Waals surface area contributed by atoms with Crippen LogP contribution in [0.5, 0.6) is 0 Å². The third-order valence-corrected chi connectivity index (χ3v) is 5.34. The van der Waals surface area contributed by atoms with Crippen molar-refractivity contribution in [2.45, 2.75) is 68.0 Å². The van der Waals surface area contributed by atoms with E-state index in [2.05, 4.69) is 72.5 Å². The van der Waals surface area contributed by atoms with E-state index in [9.17, 15) is 5.11 Å². The minimum absolute atomic E-state index is 0.336. The van der Waals surface area contributed by atoms with Gasteiger partial charge in [-0.2, -0.15) is 0 Å². The molecule has 2 nitrogen and oxygen atoms in total. The van der Waals surface area contributed by atoms with Gasteiger partial charge < -0.3 is 9.84 Å². The summed E-state index contributed by atoms with van der Waals surface area (Å²) in [5.74, 6) is 0.939. The van der Waals surface area contributed by atoms with Crippen LogP contribution in [0.2, 0.25) is 0 Å². The highest BCUT2D eigenvalue weighted by Crippen LogP contribution is 2.29. The van der Waals surface area contributed by atoms with Gasteiger partial charge in [0, 0.05) is 6.42 Å². The second-order valence-corrected chi connectivity index (χ2v) is 8.00. The van der Waals surface area contributed by atoms with Crippen LogP contribution in [0.25, 0.3) is 0 Å². The molecule has 0 aromatic carbocycles. The molecule has 1 rings (SSSR count). The molecule has 1 fully saturated rings. The lowest BCUT2D eigenvalue weighted by Gasteiger charge is -2.15. The maximum atomic E-state index is 9.71. The zero-order valence-corrected chi connectivity index (χ0v) is 18.1. The zero-order valence-electron chi connectivity index (χ0n) is 15.9. The van der Waals surface area contributed by atoms with Crippen LogP contribution in [0.4, 0.5) is 0 Å². The fraction of sp³-hybridized carbons (Fsp3) is 0.478. The van der Waals surface area contributed by atoms with E-state index in [0.717, 1.165) is 44.3 Å². The lowest BCUT2D eigenvalue weighted by atomic mass is 10.1. The van der Waals surface area contributed by atoms with Gasteiger partial charge in [0.15, 0.2) is 0 Å². The minimum atomic E-state index is -0.391. The van der Waals surface area contributed by atoms with Crippen molar-refractivity contribution in [1.82, 2.24) is 0 Å². The summed E-state index contributed by atoms with van der Waals surface area (Å²) in [5, 5.41) is 9.71. The maximum Gasteiger partial charge on any atom is 0.111 e. The molecule has 0 aromatic rings. The van der Waals surface area contributed by atoms with Crippen LogP contribution in [0.3, 0.4) is 0 Å². The predicted molar refractivity (Wildman–Crippen MR) is 122 cm³/mol. The van der Waals surface area contributed by atoms with Crippen LogP contribution in [0.1, 0.15) is 51.9 Å². The summed E-state index contributed by atoms with van der Waals surface area (Å²) >= 11 is 2.48. The highest BCUT2D eigenvalue weighted by atomic mass is 127. The number of allylic oxidation sites excluding steroid dienone is 9. The van der Waals surface area contributed by atoms with Crippen molar-refractivity contribution >= 4 is 22.6 Å². The lowest BCUT2D eigenvalue weighted by molar-refractivity contribution is 0.163. The normalized spacial score (nSPS) is 21.0. The molecular weight excluding hydrogens is 435 g/mol. The molecular formula is C23H33IO2. The largest absolute Gasteiger partial charge is 0.494 e. The molecule has 3 atom stereocenters.